The fraction of sp³-hybridized carbons (Fsp3) is 0.628. The number of ether oxygens (including phenoxy) is 2. The Labute approximate surface area is 338 Å². The molecule has 0 unspecified atom stereocenters. The van der Waals surface area contributed by atoms with Crippen LogP contribution >= 0.6 is 0 Å². The van der Waals surface area contributed by atoms with Gasteiger partial charge in [0.25, 0.3) is 0 Å². The predicted molar refractivity (Wildman–Crippen MR) is 220 cm³/mol. The Balaban J connectivity index is 2.55. The summed E-state index contributed by atoms with van der Waals surface area (Å²) in [5.41, 5.74) is -0.616. The summed E-state index contributed by atoms with van der Waals surface area (Å²) >= 11 is 0. The minimum absolute atomic E-state index is 0.0739. The largest absolute Gasteiger partial charge is 0.481 e. The second-order valence-electron chi connectivity index (χ2n) is 17.8. The Morgan fingerprint density at radius 1 is 0.930 bits per heavy atom. The lowest BCUT2D eigenvalue weighted by molar-refractivity contribution is -0.147. The van der Waals surface area contributed by atoms with Crippen molar-refractivity contribution in [3.8, 4) is 0 Å². The number of para-hydroxylation sites is 1. The molecule has 14 heteroatoms. The van der Waals surface area contributed by atoms with Crippen LogP contribution in [-0.4, -0.2) is 106 Å². The van der Waals surface area contributed by atoms with E-state index in [-0.39, 0.29) is 37.4 Å². The van der Waals surface area contributed by atoms with Gasteiger partial charge in [0.1, 0.15) is 23.7 Å². The van der Waals surface area contributed by atoms with Gasteiger partial charge in [0.2, 0.25) is 17.7 Å². The van der Waals surface area contributed by atoms with E-state index in [0.29, 0.717) is 0 Å². The monoisotopic (exact) mass is 797 g/mol. The van der Waals surface area contributed by atoms with E-state index >= 15 is 0 Å². The summed E-state index contributed by atoms with van der Waals surface area (Å²) < 4.78 is 12.8. The number of benzene rings is 1. The Kier molecular flexibility index (Phi) is 16.5. The summed E-state index contributed by atoms with van der Waals surface area (Å²) in [6.45, 7) is 21.6. The van der Waals surface area contributed by atoms with Gasteiger partial charge < -0.3 is 34.7 Å². The average Bonchev–Trinajstić information content (AvgIpc) is 3.43. The van der Waals surface area contributed by atoms with Crippen LogP contribution in [0.5, 0.6) is 0 Å². The lowest BCUT2D eigenvalue weighted by Crippen LogP contribution is -2.63. The summed E-state index contributed by atoms with van der Waals surface area (Å²) in [7, 11) is 5.05. The van der Waals surface area contributed by atoms with Crippen molar-refractivity contribution in [1.29, 1.82) is 0 Å². The number of carboxylic acids is 1. The van der Waals surface area contributed by atoms with E-state index in [4.69, 9.17) is 14.6 Å². The number of esters is 1. The Morgan fingerprint density at radius 3 is 2.05 bits per heavy atom. The number of aliphatic carboxylic acids is 1. The van der Waals surface area contributed by atoms with Crippen molar-refractivity contribution < 1.29 is 43.3 Å². The molecule has 1 aromatic heterocycles. The molecule has 0 aliphatic carbocycles. The second kappa shape index (κ2) is 19.5. The fourth-order valence-corrected chi connectivity index (χ4v) is 6.95. The topological polar surface area (TPSA) is 177 Å². The molecule has 57 heavy (non-hydrogen) atoms. The van der Waals surface area contributed by atoms with Gasteiger partial charge in [-0.1, -0.05) is 72.7 Å². The minimum Gasteiger partial charge on any atom is -0.481 e. The highest BCUT2D eigenvalue weighted by atomic mass is 16.6. The summed E-state index contributed by atoms with van der Waals surface area (Å²) in [6, 6.07) is 3.94. The maximum Gasteiger partial charge on any atom is 0.410 e. The van der Waals surface area contributed by atoms with Gasteiger partial charge >= 0.3 is 18.0 Å². The standard InChI is InChI=1S/C43H67N5O9/c1-16-56-39(54)30(21-19-23-33(49)50)44-36(51)27(4)24-32(26(2)3)47(14)38(53)34(41(5,6)7)45-37(52)35(48(15)40(55)57-42(8,9)10)43(11,12)29-25-46(13)31-22-18-17-20-28(29)31/h17-18,20,22,24-26,30,32,34-35H,16,19,21,23H2,1-15H3,(H,44,51)(H,45,52)(H,49,50)/b27-24+/t30-,32-,34-,35-/m1/s1. The lowest BCUT2D eigenvalue weighted by atomic mass is 9.76. The third kappa shape index (κ3) is 12.8. The molecule has 14 nitrogen and oxygen atoms in total. The number of aryl methyl sites for hydroxylation is 1. The highest BCUT2D eigenvalue weighted by molar-refractivity contribution is 5.96. The third-order valence-electron chi connectivity index (χ3n) is 10.0. The van der Waals surface area contributed by atoms with E-state index in [0.717, 1.165) is 16.5 Å². The van der Waals surface area contributed by atoms with Crippen molar-refractivity contribution in [2.75, 3.05) is 20.7 Å². The molecule has 0 fully saturated rings. The number of rotatable bonds is 17. The summed E-state index contributed by atoms with van der Waals surface area (Å²) in [5, 5.41) is 15.7. The molecule has 0 aliphatic rings. The number of fused-ring (bicyclic) bond motifs is 1. The van der Waals surface area contributed by atoms with Gasteiger partial charge in [0.15, 0.2) is 0 Å². The van der Waals surface area contributed by atoms with Crippen molar-refractivity contribution in [2.45, 2.75) is 138 Å². The molecule has 2 rings (SSSR count). The molecular weight excluding hydrogens is 730 g/mol. The average molecular weight is 798 g/mol. The number of hydrogen-bond donors (Lipinski definition) is 3. The van der Waals surface area contributed by atoms with Crippen molar-refractivity contribution in [2.24, 2.45) is 18.4 Å². The number of hydrogen-bond acceptors (Lipinski definition) is 8. The van der Waals surface area contributed by atoms with Crippen LogP contribution in [0, 0.1) is 11.3 Å². The smallest absolute Gasteiger partial charge is 0.410 e. The van der Waals surface area contributed by atoms with Gasteiger partial charge in [-0.2, -0.15) is 0 Å². The molecule has 1 heterocycles. The van der Waals surface area contributed by atoms with Gasteiger partial charge in [-0.05, 0) is 70.4 Å². The van der Waals surface area contributed by atoms with E-state index in [1.165, 1.54) is 16.8 Å². The van der Waals surface area contributed by atoms with E-state index < -0.39 is 76.4 Å². The second-order valence-corrected chi connectivity index (χ2v) is 17.8. The molecule has 0 saturated heterocycles. The van der Waals surface area contributed by atoms with Crippen LogP contribution < -0.4 is 10.6 Å². The van der Waals surface area contributed by atoms with Crippen molar-refractivity contribution in [1.82, 2.24) is 25.0 Å². The molecule has 4 amide bonds. The van der Waals surface area contributed by atoms with Gasteiger partial charge in [0.05, 0.1) is 12.6 Å². The molecule has 1 aromatic carbocycles. The number of carbonyl (C=O) groups is 6. The Morgan fingerprint density at radius 2 is 1.53 bits per heavy atom. The van der Waals surface area contributed by atoms with E-state index in [1.807, 2.05) is 90.5 Å². The molecule has 0 saturated carbocycles. The van der Waals surface area contributed by atoms with Crippen LogP contribution in [0.15, 0.2) is 42.1 Å². The molecular formula is C43H67N5O9. The zero-order valence-electron chi connectivity index (χ0n) is 36.7. The normalized spacial score (nSPS) is 14.6. The van der Waals surface area contributed by atoms with Crippen molar-refractivity contribution in [3.05, 3.63) is 47.7 Å². The molecule has 4 atom stereocenters. The summed E-state index contributed by atoms with van der Waals surface area (Å²) in [4.78, 5) is 83.0. The molecule has 0 spiro atoms. The predicted octanol–water partition coefficient (Wildman–Crippen LogP) is 5.95. The van der Waals surface area contributed by atoms with Gasteiger partial charge in [0, 0.05) is 55.7 Å². The number of nitrogens with zero attached hydrogens (tertiary/aromatic N) is 3. The number of aromatic nitrogens is 1. The highest BCUT2D eigenvalue weighted by Gasteiger charge is 2.47. The van der Waals surface area contributed by atoms with Crippen LogP contribution in [0.4, 0.5) is 4.79 Å². The minimum atomic E-state index is -1.13. The zero-order valence-corrected chi connectivity index (χ0v) is 36.7. The van der Waals surface area contributed by atoms with E-state index in [2.05, 4.69) is 10.6 Å². The molecule has 0 radical (unpaired) electrons. The molecule has 2 aromatic rings. The number of nitrogens with one attached hydrogen (secondary N) is 2. The van der Waals surface area contributed by atoms with Gasteiger partial charge in [-0.25, -0.2) is 9.59 Å². The summed E-state index contributed by atoms with van der Waals surface area (Å²) in [6.07, 6.45) is 2.95. The van der Waals surface area contributed by atoms with E-state index in [1.54, 1.807) is 47.7 Å². The number of carboxylic acid groups (broad SMARTS) is 1. The van der Waals surface area contributed by atoms with E-state index in [9.17, 15) is 28.8 Å². The zero-order chi connectivity index (χ0) is 43.8. The van der Waals surface area contributed by atoms with Crippen LogP contribution in [0.2, 0.25) is 0 Å². The third-order valence-corrected chi connectivity index (χ3v) is 10.0. The number of amides is 4. The highest BCUT2D eigenvalue weighted by Crippen LogP contribution is 2.37. The fourth-order valence-electron chi connectivity index (χ4n) is 6.95. The van der Waals surface area contributed by atoms with Crippen LogP contribution in [0.1, 0.15) is 108 Å². The molecule has 318 valence electrons. The Bertz CT molecular complexity index is 1800. The van der Waals surface area contributed by atoms with Crippen LogP contribution in [0.3, 0.4) is 0 Å². The first-order chi connectivity index (χ1) is 26.1. The first-order valence-corrected chi connectivity index (χ1v) is 19.6. The van der Waals surface area contributed by atoms with Crippen molar-refractivity contribution >= 4 is 46.7 Å². The Hall–Kier alpha value is -4.88. The summed E-state index contributed by atoms with van der Waals surface area (Å²) in [5.74, 6) is -3.41. The molecule has 0 bridgehead atoms. The van der Waals surface area contributed by atoms with Gasteiger partial charge in [-0.15, -0.1) is 0 Å². The maximum absolute atomic E-state index is 14.8. The van der Waals surface area contributed by atoms with Crippen molar-refractivity contribution in [3.63, 3.8) is 0 Å². The molecule has 0 aliphatic heterocycles. The quantitative estimate of drug-likeness (QED) is 0.129. The van der Waals surface area contributed by atoms with Crippen LogP contribution in [0.25, 0.3) is 10.9 Å². The lowest BCUT2D eigenvalue weighted by Gasteiger charge is -2.42. The molecule has 3 N–H and O–H groups in total. The number of likely N-dealkylation sites (N-methyl/N-ethyl adjacent to an activating group) is 2. The van der Waals surface area contributed by atoms with Crippen LogP contribution in [-0.2, 0) is 45.9 Å². The maximum atomic E-state index is 14.8. The number of carbonyl (C=O) groups excluding carboxylic acids is 5. The SMILES string of the molecule is CCOC(=O)[C@@H](CCCC(=O)O)NC(=O)/C(C)=C/[C@H](C(C)C)N(C)C(=O)[C@@H](NC(=O)[C@@H](N(C)C(=O)OC(C)(C)C)C(C)(C)c1cn(C)c2ccccc12)C(C)(C)C. The van der Waals surface area contributed by atoms with Gasteiger partial charge in [-0.3, -0.25) is 24.1 Å². The first kappa shape index (κ1) is 48.3. The first-order valence-electron chi connectivity index (χ1n) is 19.6.